The quantitative estimate of drug-likeness (QED) is 0.880. The lowest BCUT2D eigenvalue weighted by Gasteiger charge is -2.09. The van der Waals surface area contributed by atoms with Crippen molar-refractivity contribution in [1.29, 1.82) is 0 Å². The first-order valence-corrected chi connectivity index (χ1v) is 7.81. The number of hydrogen-bond donors (Lipinski definition) is 2. The van der Waals surface area contributed by atoms with Crippen LogP contribution in [0.5, 0.6) is 0 Å². The molecule has 0 aliphatic heterocycles. The normalized spacial score (nSPS) is 11.2. The number of sulfonamides is 1. The molecule has 106 valence electrons. The SMILES string of the molecule is CNc1ccc(S(=O)(=O)Nc2cc(Br)ccc2F)cn1. The zero-order valence-electron chi connectivity index (χ0n) is 10.4. The van der Waals surface area contributed by atoms with Crippen molar-refractivity contribution < 1.29 is 12.8 Å². The molecule has 8 heteroatoms. The Morgan fingerprint density at radius 3 is 2.60 bits per heavy atom. The molecule has 2 rings (SSSR count). The number of pyridine rings is 1. The molecule has 0 radical (unpaired) electrons. The molecule has 0 fully saturated rings. The highest BCUT2D eigenvalue weighted by Gasteiger charge is 2.17. The van der Waals surface area contributed by atoms with Gasteiger partial charge in [0.25, 0.3) is 10.0 Å². The Morgan fingerprint density at radius 2 is 2.00 bits per heavy atom. The van der Waals surface area contributed by atoms with Gasteiger partial charge in [0.1, 0.15) is 16.5 Å². The average Bonchev–Trinajstić information content (AvgIpc) is 2.43. The van der Waals surface area contributed by atoms with Crippen LogP contribution in [0.3, 0.4) is 0 Å². The second kappa shape index (κ2) is 5.76. The summed E-state index contributed by atoms with van der Waals surface area (Å²) in [4.78, 5) is 3.87. The van der Waals surface area contributed by atoms with E-state index in [4.69, 9.17) is 0 Å². The molecule has 0 spiro atoms. The maximum absolute atomic E-state index is 13.6. The number of nitrogens with zero attached hydrogens (tertiary/aromatic N) is 1. The molecule has 0 bridgehead atoms. The number of anilines is 2. The van der Waals surface area contributed by atoms with Crippen LogP contribution in [0.4, 0.5) is 15.9 Å². The highest BCUT2D eigenvalue weighted by molar-refractivity contribution is 9.10. The van der Waals surface area contributed by atoms with E-state index in [1.54, 1.807) is 7.05 Å². The smallest absolute Gasteiger partial charge is 0.263 e. The summed E-state index contributed by atoms with van der Waals surface area (Å²) in [5.74, 6) is -0.117. The molecule has 5 nitrogen and oxygen atoms in total. The van der Waals surface area contributed by atoms with Crippen molar-refractivity contribution in [3.63, 3.8) is 0 Å². The van der Waals surface area contributed by atoms with Crippen molar-refractivity contribution >= 4 is 37.5 Å². The van der Waals surface area contributed by atoms with E-state index in [1.165, 1.54) is 36.5 Å². The fourth-order valence-electron chi connectivity index (χ4n) is 1.47. The van der Waals surface area contributed by atoms with Crippen LogP contribution in [0, 0.1) is 5.82 Å². The lowest BCUT2D eigenvalue weighted by atomic mass is 10.3. The van der Waals surface area contributed by atoms with E-state index in [0.29, 0.717) is 10.3 Å². The maximum atomic E-state index is 13.6. The molecule has 1 aromatic heterocycles. The van der Waals surface area contributed by atoms with E-state index < -0.39 is 15.8 Å². The largest absolute Gasteiger partial charge is 0.373 e. The third-order valence-corrected chi connectivity index (χ3v) is 4.32. The molecule has 2 aromatic rings. The Labute approximate surface area is 124 Å². The van der Waals surface area contributed by atoms with Gasteiger partial charge in [-0.15, -0.1) is 0 Å². The van der Waals surface area contributed by atoms with E-state index >= 15 is 0 Å². The molecule has 20 heavy (non-hydrogen) atoms. The highest BCUT2D eigenvalue weighted by Crippen LogP contribution is 2.23. The predicted molar refractivity (Wildman–Crippen MR) is 78.7 cm³/mol. The van der Waals surface area contributed by atoms with Crippen molar-refractivity contribution in [2.75, 3.05) is 17.1 Å². The number of nitrogens with one attached hydrogen (secondary N) is 2. The summed E-state index contributed by atoms with van der Waals surface area (Å²) in [7, 11) is -2.21. The van der Waals surface area contributed by atoms with Gasteiger partial charge in [0.15, 0.2) is 0 Å². The molecule has 0 atom stereocenters. The Morgan fingerprint density at radius 1 is 1.25 bits per heavy atom. The molecule has 0 aliphatic rings. The molecule has 0 saturated heterocycles. The van der Waals surface area contributed by atoms with E-state index in [9.17, 15) is 12.8 Å². The van der Waals surface area contributed by atoms with Crippen molar-refractivity contribution in [3.05, 3.63) is 46.8 Å². The maximum Gasteiger partial charge on any atom is 0.263 e. The first-order valence-electron chi connectivity index (χ1n) is 5.54. The summed E-state index contributed by atoms with van der Waals surface area (Å²) in [5.41, 5.74) is -0.128. The molecule has 0 saturated carbocycles. The highest BCUT2D eigenvalue weighted by atomic mass is 79.9. The summed E-state index contributed by atoms with van der Waals surface area (Å²) >= 11 is 3.16. The summed E-state index contributed by atoms with van der Waals surface area (Å²) in [6, 6.07) is 6.91. The molecule has 0 aliphatic carbocycles. The second-order valence-electron chi connectivity index (χ2n) is 3.86. The molecular formula is C12H11BrFN3O2S. The number of benzene rings is 1. The number of aromatic nitrogens is 1. The molecule has 1 heterocycles. The van der Waals surface area contributed by atoms with Crippen molar-refractivity contribution in [3.8, 4) is 0 Å². The van der Waals surface area contributed by atoms with Gasteiger partial charge in [-0.1, -0.05) is 15.9 Å². The molecular weight excluding hydrogens is 349 g/mol. The predicted octanol–water partition coefficient (Wildman–Crippen LogP) is 2.83. The molecule has 0 amide bonds. The van der Waals surface area contributed by atoms with Gasteiger partial charge in [0.2, 0.25) is 0 Å². The Kier molecular flexibility index (Phi) is 4.24. The minimum atomic E-state index is -3.88. The minimum Gasteiger partial charge on any atom is -0.373 e. The Hall–Kier alpha value is -1.67. The van der Waals surface area contributed by atoms with Crippen LogP contribution in [0.15, 0.2) is 45.9 Å². The fourth-order valence-corrected chi connectivity index (χ4v) is 2.83. The number of hydrogen-bond acceptors (Lipinski definition) is 4. The van der Waals surface area contributed by atoms with Gasteiger partial charge in [0.05, 0.1) is 5.69 Å². The van der Waals surface area contributed by atoms with Crippen LogP contribution >= 0.6 is 15.9 Å². The third kappa shape index (κ3) is 3.26. The van der Waals surface area contributed by atoms with Gasteiger partial charge < -0.3 is 5.32 Å². The van der Waals surface area contributed by atoms with Gasteiger partial charge in [-0.2, -0.15) is 0 Å². The van der Waals surface area contributed by atoms with Crippen LogP contribution < -0.4 is 10.0 Å². The average molecular weight is 360 g/mol. The summed E-state index contributed by atoms with van der Waals surface area (Å²) in [6.45, 7) is 0. The van der Waals surface area contributed by atoms with Crippen molar-refractivity contribution in [1.82, 2.24) is 4.98 Å². The topological polar surface area (TPSA) is 71.1 Å². The van der Waals surface area contributed by atoms with Crippen LogP contribution in [-0.2, 0) is 10.0 Å². The third-order valence-electron chi connectivity index (χ3n) is 2.48. The first kappa shape index (κ1) is 14.7. The Bertz CT molecular complexity index is 720. The van der Waals surface area contributed by atoms with Crippen LogP contribution in [0.1, 0.15) is 0 Å². The van der Waals surface area contributed by atoms with Gasteiger partial charge in [0, 0.05) is 17.7 Å². The lowest BCUT2D eigenvalue weighted by Crippen LogP contribution is -2.14. The van der Waals surface area contributed by atoms with Crippen LogP contribution in [0.2, 0.25) is 0 Å². The standard InChI is InChI=1S/C12H11BrFN3O2S/c1-15-12-5-3-9(7-16-12)20(18,19)17-11-6-8(13)2-4-10(11)14/h2-7,17H,1H3,(H,15,16). The number of halogens is 2. The number of rotatable bonds is 4. The Balaban J connectivity index is 2.32. The van der Waals surface area contributed by atoms with Gasteiger partial charge in [-0.25, -0.2) is 17.8 Å². The molecule has 2 N–H and O–H groups in total. The van der Waals surface area contributed by atoms with E-state index in [1.807, 2.05) is 0 Å². The zero-order chi connectivity index (χ0) is 14.8. The van der Waals surface area contributed by atoms with E-state index in [0.717, 1.165) is 0 Å². The zero-order valence-corrected chi connectivity index (χ0v) is 12.8. The van der Waals surface area contributed by atoms with Crippen molar-refractivity contribution in [2.45, 2.75) is 4.90 Å². The van der Waals surface area contributed by atoms with Gasteiger partial charge in [-0.3, -0.25) is 4.72 Å². The minimum absolute atomic E-state index is 0.0455. The molecule has 0 unspecified atom stereocenters. The van der Waals surface area contributed by atoms with Gasteiger partial charge >= 0.3 is 0 Å². The second-order valence-corrected chi connectivity index (χ2v) is 6.46. The summed E-state index contributed by atoms with van der Waals surface area (Å²) in [6.07, 6.45) is 1.20. The van der Waals surface area contributed by atoms with Crippen LogP contribution in [-0.4, -0.2) is 20.4 Å². The van der Waals surface area contributed by atoms with Crippen molar-refractivity contribution in [2.24, 2.45) is 0 Å². The fraction of sp³-hybridized carbons (Fsp3) is 0.0833. The summed E-state index contributed by atoms with van der Waals surface area (Å²) < 4.78 is 40.5. The van der Waals surface area contributed by atoms with Crippen LogP contribution in [0.25, 0.3) is 0 Å². The van der Waals surface area contributed by atoms with E-state index in [2.05, 4.69) is 31.0 Å². The molecule has 1 aromatic carbocycles. The van der Waals surface area contributed by atoms with Gasteiger partial charge in [-0.05, 0) is 30.3 Å². The monoisotopic (exact) mass is 359 g/mol. The lowest BCUT2D eigenvalue weighted by molar-refractivity contribution is 0.598. The summed E-state index contributed by atoms with van der Waals surface area (Å²) in [5, 5.41) is 2.78. The first-order chi connectivity index (χ1) is 9.42. The van der Waals surface area contributed by atoms with E-state index in [-0.39, 0.29) is 10.6 Å².